The van der Waals surface area contributed by atoms with Gasteiger partial charge in [0, 0.05) is 11.8 Å². The van der Waals surface area contributed by atoms with Gasteiger partial charge in [0.05, 0.1) is 28.0 Å². The molecule has 0 atom stereocenters. The summed E-state index contributed by atoms with van der Waals surface area (Å²) < 4.78 is 0. The van der Waals surface area contributed by atoms with Crippen LogP contribution in [-0.2, 0) is 4.79 Å². The second-order valence-corrected chi connectivity index (χ2v) is 5.51. The number of carbonyl (C=O) groups excluding carboxylic acids is 1. The Kier molecular flexibility index (Phi) is 3.32. The van der Waals surface area contributed by atoms with Gasteiger partial charge >= 0.3 is 0 Å². The fourth-order valence-corrected chi connectivity index (χ4v) is 2.95. The molecule has 0 saturated heterocycles. The van der Waals surface area contributed by atoms with E-state index >= 15 is 0 Å². The van der Waals surface area contributed by atoms with E-state index < -0.39 is 0 Å². The van der Waals surface area contributed by atoms with Crippen molar-refractivity contribution >= 4 is 34.7 Å². The lowest BCUT2D eigenvalue weighted by molar-refractivity contribution is -0.116. The highest BCUT2D eigenvalue weighted by molar-refractivity contribution is 6.40. The van der Waals surface area contributed by atoms with E-state index in [9.17, 15) is 4.79 Å². The van der Waals surface area contributed by atoms with Crippen molar-refractivity contribution < 1.29 is 4.79 Å². The molecule has 0 spiro atoms. The molecule has 1 amide bonds. The molecule has 1 aromatic rings. The van der Waals surface area contributed by atoms with Gasteiger partial charge in [-0.15, -0.1) is 0 Å². The predicted molar refractivity (Wildman–Crippen MR) is 81.1 cm³/mol. The van der Waals surface area contributed by atoms with Gasteiger partial charge in [-0.3, -0.25) is 4.79 Å². The number of benzene rings is 1. The van der Waals surface area contributed by atoms with Gasteiger partial charge in [0.25, 0.3) is 5.91 Å². The van der Waals surface area contributed by atoms with E-state index in [1.807, 2.05) is 30.2 Å². The van der Waals surface area contributed by atoms with E-state index in [0.717, 1.165) is 11.3 Å². The quantitative estimate of drug-likeness (QED) is 0.860. The second kappa shape index (κ2) is 5.00. The number of halogens is 2. The van der Waals surface area contributed by atoms with E-state index in [-0.39, 0.29) is 5.91 Å². The highest BCUT2D eigenvalue weighted by atomic mass is 35.5. The summed E-state index contributed by atoms with van der Waals surface area (Å²) in [5, 5.41) is 3.78. The molecule has 2 aliphatic heterocycles. The van der Waals surface area contributed by atoms with Crippen LogP contribution in [0, 0.1) is 0 Å². The molecule has 20 heavy (non-hydrogen) atoms. The topological polar surface area (TPSA) is 32.3 Å². The van der Waals surface area contributed by atoms with Crippen molar-refractivity contribution in [1.82, 2.24) is 10.2 Å². The molecular formula is C15H12Cl2N2O. The van der Waals surface area contributed by atoms with Gasteiger partial charge in [-0.05, 0) is 30.7 Å². The van der Waals surface area contributed by atoms with Crippen LogP contribution in [0.25, 0.3) is 5.57 Å². The first-order valence-corrected chi connectivity index (χ1v) is 6.93. The number of fused-ring (bicyclic) bond motifs is 1. The monoisotopic (exact) mass is 306 g/mol. The summed E-state index contributed by atoms with van der Waals surface area (Å²) in [6, 6.07) is 5.23. The Morgan fingerprint density at radius 1 is 1.20 bits per heavy atom. The number of hydrogen-bond acceptors (Lipinski definition) is 2. The van der Waals surface area contributed by atoms with Crippen molar-refractivity contribution in [2.24, 2.45) is 0 Å². The van der Waals surface area contributed by atoms with E-state index in [2.05, 4.69) is 5.32 Å². The van der Waals surface area contributed by atoms with Gasteiger partial charge < -0.3 is 10.2 Å². The van der Waals surface area contributed by atoms with E-state index in [1.54, 1.807) is 18.2 Å². The van der Waals surface area contributed by atoms with Crippen LogP contribution < -0.4 is 5.32 Å². The van der Waals surface area contributed by atoms with Crippen LogP contribution in [0.2, 0.25) is 10.0 Å². The molecule has 2 aliphatic rings. The van der Waals surface area contributed by atoms with E-state index in [4.69, 9.17) is 23.2 Å². The molecule has 0 fully saturated rings. The third kappa shape index (κ3) is 2.13. The molecule has 0 bridgehead atoms. The molecule has 102 valence electrons. The first-order valence-electron chi connectivity index (χ1n) is 6.18. The van der Waals surface area contributed by atoms with E-state index in [1.165, 1.54) is 0 Å². The first-order chi connectivity index (χ1) is 9.58. The number of hydrogen-bond donors (Lipinski definition) is 1. The summed E-state index contributed by atoms with van der Waals surface area (Å²) in [7, 11) is 0. The minimum Gasteiger partial charge on any atom is -0.334 e. The smallest absolute Gasteiger partial charge is 0.255 e. The number of rotatable bonds is 1. The Labute approximate surface area is 127 Å². The summed E-state index contributed by atoms with van der Waals surface area (Å²) in [4.78, 5) is 14.2. The minimum atomic E-state index is -0.163. The normalized spacial score (nSPS) is 17.9. The average molecular weight is 307 g/mol. The third-order valence-electron chi connectivity index (χ3n) is 3.28. The standard InChI is InChI=1S/C15H12Cl2N2O/c1-9-5-6-12-14(15(20)18-8-19(12)7-9)13-10(16)3-2-4-11(13)17/h2-7H,8H2,1H3,(H,18,20). The van der Waals surface area contributed by atoms with Crippen LogP contribution in [-0.4, -0.2) is 17.5 Å². The van der Waals surface area contributed by atoms with Crippen molar-refractivity contribution in [2.75, 3.05) is 6.67 Å². The molecule has 0 radical (unpaired) electrons. The Morgan fingerprint density at radius 3 is 2.60 bits per heavy atom. The second-order valence-electron chi connectivity index (χ2n) is 4.70. The molecule has 5 heteroatoms. The predicted octanol–water partition coefficient (Wildman–Crippen LogP) is 3.57. The Balaban J connectivity index is 2.24. The molecule has 0 unspecified atom stereocenters. The van der Waals surface area contributed by atoms with Gasteiger partial charge in [-0.25, -0.2) is 0 Å². The number of amides is 1. The highest BCUT2D eigenvalue weighted by Gasteiger charge is 2.28. The van der Waals surface area contributed by atoms with Crippen molar-refractivity contribution in [2.45, 2.75) is 6.92 Å². The summed E-state index contributed by atoms with van der Waals surface area (Å²) in [5.74, 6) is -0.163. The van der Waals surface area contributed by atoms with Gasteiger partial charge in [0.2, 0.25) is 0 Å². The number of allylic oxidation sites excluding steroid dienone is 3. The molecule has 3 nitrogen and oxygen atoms in total. The largest absolute Gasteiger partial charge is 0.334 e. The lowest BCUT2D eigenvalue weighted by atomic mass is 9.98. The van der Waals surface area contributed by atoms with Crippen LogP contribution in [0.15, 0.2) is 47.8 Å². The van der Waals surface area contributed by atoms with Crippen molar-refractivity contribution in [3.05, 3.63) is 63.4 Å². The molecule has 0 aliphatic carbocycles. The zero-order valence-corrected chi connectivity index (χ0v) is 12.3. The Bertz CT molecular complexity index is 669. The Hall–Kier alpha value is -1.71. The van der Waals surface area contributed by atoms with E-state index in [0.29, 0.717) is 27.9 Å². The zero-order valence-electron chi connectivity index (χ0n) is 10.8. The van der Waals surface area contributed by atoms with Gasteiger partial charge in [-0.1, -0.05) is 35.3 Å². The molecule has 1 N–H and O–H groups in total. The zero-order chi connectivity index (χ0) is 14.3. The maximum Gasteiger partial charge on any atom is 0.255 e. The van der Waals surface area contributed by atoms with Crippen LogP contribution in [0.5, 0.6) is 0 Å². The maximum absolute atomic E-state index is 12.3. The Morgan fingerprint density at radius 2 is 1.90 bits per heavy atom. The summed E-state index contributed by atoms with van der Waals surface area (Å²) in [5.41, 5.74) is 3.02. The SMILES string of the molecule is CC1=CN2CNC(=O)C(c3c(Cl)cccc3Cl)=C2C=C1. The van der Waals surface area contributed by atoms with Crippen LogP contribution >= 0.6 is 23.2 Å². The average Bonchev–Trinajstić information content (AvgIpc) is 2.41. The van der Waals surface area contributed by atoms with Crippen LogP contribution in [0.4, 0.5) is 0 Å². The minimum absolute atomic E-state index is 0.163. The molecule has 3 rings (SSSR count). The first kappa shape index (κ1) is 13.3. The maximum atomic E-state index is 12.3. The summed E-state index contributed by atoms with van der Waals surface area (Å²) in [6.45, 7) is 2.45. The van der Waals surface area contributed by atoms with Gasteiger partial charge in [0.15, 0.2) is 0 Å². The highest BCUT2D eigenvalue weighted by Crippen LogP contribution is 2.36. The number of carbonyl (C=O) groups is 1. The number of nitrogens with zero attached hydrogens (tertiary/aromatic N) is 1. The lowest BCUT2D eigenvalue weighted by Gasteiger charge is -2.32. The molecule has 0 aromatic heterocycles. The third-order valence-corrected chi connectivity index (χ3v) is 3.91. The van der Waals surface area contributed by atoms with Crippen molar-refractivity contribution in [1.29, 1.82) is 0 Å². The van der Waals surface area contributed by atoms with Crippen LogP contribution in [0.1, 0.15) is 12.5 Å². The molecule has 0 saturated carbocycles. The van der Waals surface area contributed by atoms with Crippen molar-refractivity contribution in [3.63, 3.8) is 0 Å². The molecule has 1 aromatic carbocycles. The van der Waals surface area contributed by atoms with Gasteiger partial charge in [-0.2, -0.15) is 0 Å². The van der Waals surface area contributed by atoms with Crippen molar-refractivity contribution in [3.8, 4) is 0 Å². The fourth-order valence-electron chi connectivity index (χ4n) is 2.36. The summed E-state index contributed by atoms with van der Waals surface area (Å²) in [6.07, 6.45) is 5.87. The van der Waals surface area contributed by atoms with Crippen LogP contribution in [0.3, 0.4) is 0 Å². The van der Waals surface area contributed by atoms with Gasteiger partial charge in [0.1, 0.15) is 0 Å². The molecule has 2 heterocycles. The molecular weight excluding hydrogens is 295 g/mol. The number of nitrogens with one attached hydrogen (secondary N) is 1. The fraction of sp³-hybridized carbons (Fsp3) is 0.133. The lowest BCUT2D eigenvalue weighted by Crippen LogP contribution is -2.41. The summed E-state index contributed by atoms with van der Waals surface area (Å²) >= 11 is 12.5.